The lowest BCUT2D eigenvalue weighted by Gasteiger charge is -2.17. The zero-order valence-corrected chi connectivity index (χ0v) is 9.65. The molecule has 0 amide bonds. The van der Waals surface area contributed by atoms with Crippen LogP contribution in [-0.2, 0) is 12.4 Å². The van der Waals surface area contributed by atoms with Crippen molar-refractivity contribution < 1.29 is 26.3 Å². The molecule has 7 heteroatoms. The van der Waals surface area contributed by atoms with Crippen LogP contribution in [0.15, 0.2) is 18.2 Å². The third-order valence-electron chi connectivity index (χ3n) is 3.12. The fourth-order valence-corrected chi connectivity index (χ4v) is 1.90. The lowest BCUT2D eigenvalue weighted by molar-refractivity contribution is -0.143. The number of hydrogen-bond acceptors (Lipinski definition) is 1. The quantitative estimate of drug-likeness (QED) is 0.811. The van der Waals surface area contributed by atoms with E-state index < -0.39 is 29.5 Å². The van der Waals surface area contributed by atoms with Gasteiger partial charge in [0.25, 0.3) is 0 Å². The molecule has 1 aromatic carbocycles. The summed E-state index contributed by atoms with van der Waals surface area (Å²) in [5, 5.41) is 0. The van der Waals surface area contributed by atoms with Gasteiger partial charge in [-0.2, -0.15) is 26.3 Å². The highest BCUT2D eigenvalue weighted by molar-refractivity contribution is 5.35. The Morgan fingerprint density at radius 2 is 1.32 bits per heavy atom. The fourth-order valence-electron chi connectivity index (χ4n) is 1.90. The maximum Gasteiger partial charge on any atom is 0.416 e. The Morgan fingerprint density at radius 1 is 0.895 bits per heavy atom. The first-order valence-electron chi connectivity index (χ1n) is 5.64. The summed E-state index contributed by atoms with van der Waals surface area (Å²) in [7, 11) is 0. The lowest BCUT2D eigenvalue weighted by atomic mass is 9.97. The molecule has 0 unspecified atom stereocenters. The molecule has 0 bridgehead atoms. The molecule has 0 aromatic heterocycles. The van der Waals surface area contributed by atoms with Gasteiger partial charge in [-0.3, -0.25) is 0 Å². The van der Waals surface area contributed by atoms with Gasteiger partial charge < -0.3 is 5.73 Å². The predicted octanol–water partition coefficient (Wildman–Crippen LogP) is 4.13. The van der Waals surface area contributed by atoms with Gasteiger partial charge in [-0.1, -0.05) is 0 Å². The summed E-state index contributed by atoms with van der Waals surface area (Å²) in [5.41, 5.74) is 2.96. The van der Waals surface area contributed by atoms with Crippen LogP contribution in [0.5, 0.6) is 0 Å². The second kappa shape index (κ2) is 4.40. The molecule has 2 rings (SSSR count). The molecular formula is C12H11F6N. The van der Waals surface area contributed by atoms with Crippen LogP contribution >= 0.6 is 0 Å². The molecule has 0 saturated heterocycles. The van der Waals surface area contributed by atoms with Crippen LogP contribution in [0.2, 0.25) is 0 Å². The Kier molecular flexibility index (Phi) is 3.28. The average molecular weight is 283 g/mol. The van der Waals surface area contributed by atoms with Crippen molar-refractivity contribution in [2.24, 2.45) is 11.7 Å². The van der Waals surface area contributed by atoms with Crippen molar-refractivity contribution in [1.29, 1.82) is 0 Å². The van der Waals surface area contributed by atoms with Gasteiger partial charge in [0.15, 0.2) is 0 Å². The van der Waals surface area contributed by atoms with Crippen LogP contribution in [0.25, 0.3) is 0 Å². The summed E-state index contributed by atoms with van der Waals surface area (Å²) in [6.45, 7) is 0. The molecule has 1 atom stereocenters. The van der Waals surface area contributed by atoms with Gasteiger partial charge in [-0.05, 0) is 42.5 Å². The second-order valence-corrected chi connectivity index (χ2v) is 4.70. The second-order valence-electron chi connectivity index (χ2n) is 4.70. The van der Waals surface area contributed by atoms with Gasteiger partial charge in [-0.15, -0.1) is 0 Å². The summed E-state index contributed by atoms with van der Waals surface area (Å²) in [6, 6.07) is 0.753. The number of hydrogen-bond donors (Lipinski definition) is 1. The van der Waals surface area contributed by atoms with E-state index in [1.165, 1.54) is 0 Å². The van der Waals surface area contributed by atoms with Crippen molar-refractivity contribution in [3.63, 3.8) is 0 Å². The van der Waals surface area contributed by atoms with Crippen molar-refractivity contribution in [3.8, 4) is 0 Å². The normalized spacial score (nSPS) is 18.5. The highest BCUT2D eigenvalue weighted by Gasteiger charge is 2.38. The minimum absolute atomic E-state index is 0.0235. The zero-order chi connectivity index (χ0) is 14.4. The zero-order valence-electron chi connectivity index (χ0n) is 9.65. The molecule has 0 spiro atoms. The smallest absolute Gasteiger partial charge is 0.324 e. The molecule has 1 nitrogen and oxygen atoms in total. The number of halogens is 6. The monoisotopic (exact) mass is 283 g/mol. The standard InChI is InChI=1S/C12H11F6N/c13-11(14,15)8-3-7(10(19)6-1-2-6)4-9(5-8)12(16,17)18/h3-6,10H,1-2,19H2/t10-/m1/s1. The Labute approximate surface area is 105 Å². The molecule has 1 aliphatic rings. The number of benzene rings is 1. The largest absolute Gasteiger partial charge is 0.416 e. The number of nitrogens with two attached hydrogens (primary N) is 1. The molecule has 0 aliphatic heterocycles. The van der Waals surface area contributed by atoms with Crippen molar-refractivity contribution in [1.82, 2.24) is 0 Å². The first kappa shape index (κ1) is 14.2. The average Bonchev–Trinajstić information content (AvgIpc) is 3.09. The third-order valence-corrected chi connectivity index (χ3v) is 3.12. The van der Waals surface area contributed by atoms with E-state index in [1.54, 1.807) is 0 Å². The SMILES string of the molecule is N[C@@H](c1cc(C(F)(F)F)cc(C(F)(F)F)c1)C1CC1. The lowest BCUT2D eigenvalue weighted by Crippen LogP contribution is -2.17. The molecule has 0 radical (unpaired) electrons. The molecular weight excluding hydrogens is 272 g/mol. The van der Waals surface area contributed by atoms with Gasteiger partial charge in [0.05, 0.1) is 11.1 Å². The Hall–Kier alpha value is -1.24. The van der Waals surface area contributed by atoms with Gasteiger partial charge >= 0.3 is 12.4 Å². The van der Waals surface area contributed by atoms with Gasteiger partial charge in [-0.25, -0.2) is 0 Å². The maximum absolute atomic E-state index is 12.6. The van der Waals surface area contributed by atoms with Crippen LogP contribution in [0.3, 0.4) is 0 Å². The van der Waals surface area contributed by atoms with E-state index >= 15 is 0 Å². The minimum atomic E-state index is -4.82. The van der Waals surface area contributed by atoms with Crippen LogP contribution in [0.4, 0.5) is 26.3 Å². The van der Waals surface area contributed by atoms with E-state index in [0.717, 1.165) is 12.8 Å². The van der Waals surface area contributed by atoms with Crippen molar-refractivity contribution >= 4 is 0 Å². The van der Waals surface area contributed by atoms with Crippen LogP contribution in [0, 0.1) is 5.92 Å². The van der Waals surface area contributed by atoms with E-state index in [0.29, 0.717) is 12.1 Å². The molecule has 0 heterocycles. The predicted molar refractivity (Wildman–Crippen MR) is 56.1 cm³/mol. The van der Waals surface area contributed by atoms with Crippen molar-refractivity contribution in [2.75, 3.05) is 0 Å². The van der Waals surface area contributed by atoms with Crippen LogP contribution < -0.4 is 5.73 Å². The van der Waals surface area contributed by atoms with Crippen LogP contribution in [-0.4, -0.2) is 0 Å². The summed E-state index contributed by atoms with van der Waals surface area (Å²) in [5.74, 6) is -0.0235. The minimum Gasteiger partial charge on any atom is -0.324 e. The van der Waals surface area contributed by atoms with E-state index in [-0.39, 0.29) is 17.5 Å². The Balaban J connectivity index is 2.48. The third kappa shape index (κ3) is 3.20. The van der Waals surface area contributed by atoms with Crippen LogP contribution in [0.1, 0.15) is 35.6 Å². The molecule has 106 valence electrons. The topological polar surface area (TPSA) is 26.0 Å². The van der Waals surface area contributed by atoms with Gasteiger partial charge in [0.1, 0.15) is 0 Å². The Bertz CT molecular complexity index is 440. The number of rotatable bonds is 2. The molecule has 2 N–H and O–H groups in total. The molecule has 19 heavy (non-hydrogen) atoms. The summed E-state index contributed by atoms with van der Waals surface area (Å²) >= 11 is 0. The van der Waals surface area contributed by atoms with E-state index in [2.05, 4.69) is 0 Å². The van der Waals surface area contributed by atoms with Gasteiger partial charge in [0, 0.05) is 6.04 Å². The van der Waals surface area contributed by atoms with Crippen molar-refractivity contribution in [2.45, 2.75) is 31.2 Å². The molecule has 1 aromatic rings. The van der Waals surface area contributed by atoms with Crippen molar-refractivity contribution in [3.05, 3.63) is 34.9 Å². The van der Waals surface area contributed by atoms with E-state index in [9.17, 15) is 26.3 Å². The van der Waals surface area contributed by atoms with Gasteiger partial charge in [0.2, 0.25) is 0 Å². The fraction of sp³-hybridized carbons (Fsp3) is 0.500. The van der Waals surface area contributed by atoms with E-state index in [1.807, 2.05) is 0 Å². The maximum atomic E-state index is 12.6. The Morgan fingerprint density at radius 3 is 1.63 bits per heavy atom. The first-order chi connectivity index (χ1) is 8.59. The highest BCUT2D eigenvalue weighted by atomic mass is 19.4. The summed E-state index contributed by atoms with van der Waals surface area (Å²) < 4.78 is 75.6. The highest BCUT2D eigenvalue weighted by Crippen LogP contribution is 2.42. The van der Waals surface area contributed by atoms with E-state index in [4.69, 9.17) is 5.73 Å². The molecule has 1 fully saturated rings. The molecule has 1 saturated carbocycles. The summed E-state index contributed by atoms with van der Waals surface area (Å²) in [4.78, 5) is 0. The first-order valence-corrected chi connectivity index (χ1v) is 5.64. The summed E-state index contributed by atoms with van der Waals surface area (Å²) in [6.07, 6.45) is -8.17. The number of alkyl halides is 6. The molecule has 1 aliphatic carbocycles.